The molecule has 0 bridgehead atoms. The third-order valence-corrected chi connectivity index (χ3v) is 3.26. The number of ether oxygens (including phenoxy) is 1. The maximum absolute atomic E-state index is 12.8. The predicted molar refractivity (Wildman–Crippen MR) is 70.5 cm³/mol. The van der Waals surface area contributed by atoms with Crippen LogP contribution in [0.25, 0.3) is 0 Å². The molecule has 1 unspecified atom stereocenters. The van der Waals surface area contributed by atoms with E-state index >= 15 is 0 Å². The van der Waals surface area contributed by atoms with E-state index < -0.39 is 11.9 Å². The number of benzene rings is 1. The van der Waals surface area contributed by atoms with Crippen molar-refractivity contribution in [2.75, 3.05) is 26.3 Å². The molecular formula is C14H17FN2O3. The van der Waals surface area contributed by atoms with Crippen molar-refractivity contribution in [3.05, 3.63) is 35.6 Å². The summed E-state index contributed by atoms with van der Waals surface area (Å²) in [5.74, 6) is -0.854. The Morgan fingerprint density at radius 1 is 1.35 bits per heavy atom. The molecule has 2 N–H and O–H groups in total. The van der Waals surface area contributed by atoms with Gasteiger partial charge in [-0.1, -0.05) is 12.1 Å². The van der Waals surface area contributed by atoms with Gasteiger partial charge in [0.05, 0.1) is 19.8 Å². The van der Waals surface area contributed by atoms with Crippen LogP contribution < -0.4 is 5.73 Å². The number of Topliss-reactive ketones (excluding diaryl/α,β-unsaturated/α-hetero) is 1. The molecule has 1 atom stereocenters. The summed E-state index contributed by atoms with van der Waals surface area (Å²) in [6.45, 7) is 1.35. The van der Waals surface area contributed by atoms with Gasteiger partial charge in [-0.2, -0.15) is 0 Å². The predicted octanol–water partition coefficient (Wildman–Crippen LogP) is 0.123. The average molecular weight is 280 g/mol. The topological polar surface area (TPSA) is 72.6 Å². The third-order valence-electron chi connectivity index (χ3n) is 3.26. The molecule has 1 heterocycles. The van der Waals surface area contributed by atoms with Crippen LogP contribution in [0.2, 0.25) is 0 Å². The summed E-state index contributed by atoms with van der Waals surface area (Å²) in [7, 11) is 0. The number of morpholine rings is 1. The first-order valence-electron chi connectivity index (χ1n) is 6.43. The highest BCUT2D eigenvalue weighted by molar-refractivity contribution is 5.85. The van der Waals surface area contributed by atoms with Crippen molar-refractivity contribution in [1.29, 1.82) is 0 Å². The SMILES string of the molecule is NC(=O)C1COCCN1CC(=O)Cc1ccc(F)cc1. The second-order valence-corrected chi connectivity index (χ2v) is 4.81. The quantitative estimate of drug-likeness (QED) is 0.831. The number of nitrogens with two attached hydrogens (primary N) is 1. The molecule has 6 heteroatoms. The van der Waals surface area contributed by atoms with Crippen LogP contribution in [0, 0.1) is 5.82 Å². The van der Waals surface area contributed by atoms with Gasteiger partial charge < -0.3 is 10.5 Å². The Kier molecular flexibility index (Phi) is 4.81. The van der Waals surface area contributed by atoms with E-state index in [-0.39, 0.29) is 31.2 Å². The molecular weight excluding hydrogens is 263 g/mol. The number of primary amides is 1. The normalized spacial score (nSPS) is 19.8. The van der Waals surface area contributed by atoms with Gasteiger partial charge in [0.1, 0.15) is 11.9 Å². The van der Waals surface area contributed by atoms with Crippen molar-refractivity contribution in [2.45, 2.75) is 12.5 Å². The van der Waals surface area contributed by atoms with Gasteiger partial charge in [-0.3, -0.25) is 14.5 Å². The minimum atomic E-state index is -0.555. The Hall–Kier alpha value is -1.79. The van der Waals surface area contributed by atoms with Crippen LogP contribution in [0.1, 0.15) is 5.56 Å². The summed E-state index contributed by atoms with van der Waals surface area (Å²) in [5.41, 5.74) is 6.04. The molecule has 108 valence electrons. The molecule has 1 aromatic rings. The number of carbonyl (C=O) groups is 2. The fourth-order valence-electron chi connectivity index (χ4n) is 2.20. The third kappa shape index (κ3) is 3.85. The van der Waals surface area contributed by atoms with Crippen molar-refractivity contribution < 1.29 is 18.7 Å². The molecule has 1 aliphatic heterocycles. The van der Waals surface area contributed by atoms with Crippen molar-refractivity contribution in [2.24, 2.45) is 5.73 Å². The van der Waals surface area contributed by atoms with Crippen LogP contribution >= 0.6 is 0 Å². The zero-order valence-electron chi connectivity index (χ0n) is 11.0. The van der Waals surface area contributed by atoms with Crippen LogP contribution in [0.15, 0.2) is 24.3 Å². The highest BCUT2D eigenvalue weighted by atomic mass is 19.1. The number of rotatable bonds is 5. The monoisotopic (exact) mass is 280 g/mol. The molecule has 20 heavy (non-hydrogen) atoms. The molecule has 0 spiro atoms. The summed E-state index contributed by atoms with van der Waals surface area (Å²) >= 11 is 0. The van der Waals surface area contributed by atoms with Crippen molar-refractivity contribution in [3.63, 3.8) is 0 Å². The van der Waals surface area contributed by atoms with Gasteiger partial charge in [0, 0.05) is 13.0 Å². The first-order chi connectivity index (χ1) is 9.56. The maximum atomic E-state index is 12.8. The lowest BCUT2D eigenvalue weighted by Crippen LogP contribution is -2.53. The number of ketones is 1. The molecule has 1 saturated heterocycles. The minimum Gasteiger partial charge on any atom is -0.378 e. The standard InChI is InChI=1S/C14H17FN2O3/c15-11-3-1-10(2-4-11)7-12(18)8-17-5-6-20-9-13(17)14(16)19/h1-4,13H,5-9H2,(H2,16,19). The van der Waals surface area contributed by atoms with E-state index in [1.165, 1.54) is 12.1 Å². The number of hydrogen-bond donors (Lipinski definition) is 1. The highest BCUT2D eigenvalue weighted by Gasteiger charge is 2.28. The number of nitrogens with zero attached hydrogens (tertiary/aromatic N) is 1. The van der Waals surface area contributed by atoms with E-state index in [0.29, 0.717) is 13.2 Å². The van der Waals surface area contributed by atoms with Crippen LogP contribution in [0.5, 0.6) is 0 Å². The lowest BCUT2D eigenvalue weighted by atomic mass is 10.1. The number of amides is 1. The van der Waals surface area contributed by atoms with Gasteiger partial charge in [0.25, 0.3) is 0 Å². The first kappa shape index (κ1) is 14.6. The molecule has 1 fully saturated rings. The fourth-order valence-corrected chi connectivity index (χ4v) is 2.20. The van der Waals surface area contributed by atoms with E-state index in [1.54, 1.807) is 17.0 Å². The minimum absolute atomic E-state index is 0.0373. The van der Waals surface area contributed by atoms with Crippen molar-refractivity contribution in [1.82, 2.24) is 4.90 Å². The Labute approximate surface area is 116 Å². The highest BCUT2D eigenvalue weighted by Crippen LogP contribution is 2.09. The number of halogens is 1. The molecule has 1 amide bonds. The molecule has 1 aromatic carbocycles. The molecule has 0 saturated carbocycles. The van der Waals surface area contributed by atoms with Crippen LogP contribution in [-0.2, 0) is 20.7 Å². The van der Waals surface area contributed by atoms with E-state index in [2.05, 4.69) is 0 Å². The van der Waals surface area contributed by atoms with Gasteiger partial charge in [-0.25, -0.2) is 4.39 Å². The fraction of sp³-hybridized carbons (Fsp3) is 0.429. The molecule has 1 aliphatic rings. The summed E-state index contributed by atoms with van der Waals surface area (Å²) in [5, 5.41) is 0. The molecule has 0 radical (unpaired) electrons. The van der Waals surface area contributed by atoms with E-state index in [0.717, 1.165) is 5.56 Å². The average Bonchev–Trinajstić information content (AvgIpc) is 2.41. The Balaban J connectivity index is 1.92. The maximum Gasteiger partial charge on any atom is 0.237 e. The van der Waals surface area contributed by atoms with Gasteiger partial charge in [-0.15, -0.1) is 0 Å². The summed E-state index contributed by atoms with van der Waals surface area (Å²) in [6, 6.07) is 5.25. The second kappa shape index (κ2) is 6.58. The first-order valence-corrected chi connectivity index (χ1v) is 6.43. The van der Waals surface area contributed by atoms with Crippen molar-refractivity contribution >= 4 is 11.7 Å². The zero-order chi connectivity index (χ0) is 14.5. The van der Waals surface area contributed by atoms with E-state index in [4.69, 9.17) is 10.5 Å². The lowest BCUT2D eigenvalue weighted by molar-refractivity contribution is -0.132. The van der Waals surface area contributed by atoms with Gasteiger partial charge in [0.2, 0.25) is 5.91 Å². The Bertz CT molecular complexity index is 490. The summed E-state index contributed by atoms with van der Waals surface area (Å²) < 4.78 is 18.0. The second-order valence-electron chi connectivity index (χ2n) is 4.81. The van der Waals surface area contributed by atoms with Gasteiger partial charge in [-0.05, 0) is 17.7 Å². The largest absolute Gasteiger partial charge is 0.378 e. The molecule has 0 aliphatic carbocycles. The Morgan fingerprint density at radius 3 is 2.70 bits per heavy atom. The smallest absolute Gasteiger partial charge is 0.237 e. The molecule has 2 rings (SSSR count). The summed E-state index contributed by atoms with van der Waals surface area (Å²) in [6.07, 6.45) is 0.211. The van der Waals surface area contributed by atoms with E-state index in [1.807, 2.05) is 0 Å². The number of carbonyl (C=O) groups excluding carboxylic acids is 2. The van der Waals surface area contributed by atoms with E-state index in [9.17, 15) is 14.0 Å². The molecule has 5 nitrogen and oxygen atoms in total. The van der Waals surface area contributed by atoms with Crippen molar-refractivity contribution in [3.8, 4) is 0 Å². The zero-order valence-corrected chi connectivity index (χ0v) is 11.0. The molecule has 0 aromatic heterocycles. The van der Waals surface area contributed by atoms with Gasteiger partial charge >= 0.3 is 0 Å². The van der Waals surface area contributed by atoms with Crippen LogP contribution in [0.3, 0.4) is 0 Å². The number of hydrogen-bond acceptors (Lipinski definition) is 4. The Morgan fingerprint density at radius 2 is 2.05 bits per heavy atom. The lowest BCUT2D eigenvalue weighted by Gasteiger charge is -2.32. The van der Waals surface area contributed by atoms with Crippen LogP contribution in [-0.4, -0.2) is 48.9 Å². The van der Waals surface area contributed by atoms with Gasteiger partial charge in [0.15, 0.2) is 5.78 Å². The van der Waals surface area contributed by atoms with Crippen LogP contribution in [0.4, 0.5) is 4.39 Å². The summed E-state index contributed by atoms with van der Waals surface area (Å²) in [4.78, 5) is 25.0.